The molecule has 0 aliphatic rings. The van der Waals surface area contributed by atoms with Crippen LogP contribution in [0.3, 0.4) is 0 Å². The SMILES string of the molecule is C=C(CCOCCOCCOCCOCCN)NCCc1cc(O)c(O)cc1[N+](=O)[O-]. The first-order chi connectivity index (χ1) is 15.0. The van der Waals surface area contributed by atoms with Gasteiger partial charge in [-0.2, -0.15) is 0 Å². The van der Waals surface area contributed by atoms with Gasteiger partial charge in [0.25, 0.3) is 5.69 Å². The van der Waals surface area contributed by atoms with Crippen molar-refractivity contribution in [2.24, 2.45) is 5.73 Å². The summed E-state index contributed by atoms with van der Waals surface area (Å²) in [4.78, 5) is 10.5. The van der Waals surface area contributed by atoms with E-state index < -0.39 is 16.4 Å². The zero-order chi connectivity index (χ0) is 22.9. The molecule has 0 aromatic heterocycles. The number of phenolic OH excluding ortho intramolecular Hbond substituents is 2. The average Bonchev–Trinajstić information content (AvgIpc) is 2.73. The van der Waals surface area contributed by atoms with Gasteiger partial charge < -0.3 is 40.2 Å². The second-order valence-corrected chi connectivity index (χ2v) is 6.50. The summed E-state index contributed by atoms with van der Waals surface area (Å²) in [7, 11) is 0. The first-order valence-corrected chi connectivity index (χ1v) is 10.1. The number of nitrogens with zero attached hydrogens (tertiary/aromatic N) is 1. The third-order valence-electron chi connectivity index (χ3n) is 4.07. The van der Waals surface area contributed by atoms with Gasteiger partial charge in [0.05, 0.1) is 63.8 Å². The minimum atomic E-state index is -0.594. The number of nitrogens with one attached hydrogen (secondary N) is 1. The molecule has 1 aromatic rings. The fraction of sp³-hybridized carbons (Fsp3) is 0.600. The monoisotopic (exact) mass is 443 g/mol. The molecule has 0 bridgehead atoms. The third kappa shape index (κ3) is 12.1. The summed E-state index contributed by atoms with van der Waals surface area (Å²) in [5.41, 5.74) is 6.11. The predicted octanol–water partition coefficient (Wildman–Crippen LogP) is 1.07. The molecule has 0 aliphatic carbocycles. The Kier molecular flexibility index (Phi) is 14.0. The number of hydrogen-bond acceptors (Lipinski definition) is 10. The van der Waals surface area contributed by atoms with Crippen molar-refractivity contribution in [3.63, 3.8) is 0 Å². The predicted molar refractivity (Wildman–Crippen MR) is 114 cm³/mol. The highest BCUT2D eigenvalue weighted by Crippen LogP contribution is 2.32. The largest absolute Gasteiger partial charge is 0.504 e. The zero-order valence-corrected chi connectivity index (χ0v) is 17.7. The van der Waals surface area contributed by atoms with Crippen molar-refractivity contribution in [2.75, 3.05) is 65.9 Å². The first kappa shape index (κ1) is 26.6. The zero-order valence-electron chi connectivity index (χ0n) is 17.7. The van der Waals surface area contributed by atoms with Gasteiger partial charge in [0.2, 0.25) is 0 Å². The maximum Gasteiger partial charge on any atom is 0.276 e. The highest BCUT2D eigenvalue weighted by atomic mass is 16.6. The molecular weight excluding hydrogens is 410 g/mol. The highest BCUT2D eigenvalue weighted by Gasteiger charge is 2.17. The summed E-state index contributed by atoms with van der Waals surface area (Å²) >= 11 is 0. The molecule has 31 heavy (non-hydrogen) atoms. The van der Waals surface area contributed by atoms with Gasteiger partial charge in [-0.25, -0.2) is 0 Å². The molecule has 5 N–H and O–H groups in total. The molecule has 1 rings (SSSR count). The van der Waals surface area contributed by atoms with E-state index in [1.165, 1.54) is 6.07 Å². The van der Waals surface area contributed by atoms with Crippen LogP contribution in [0.25, 0.3) is 0 Å². The summed E-state index contributed by atoms with van der Waals surface area (Å²) in [5, 5.41) is 33.1. The minimum absolute atomic E-state index is 0.239. The lowest BCUT2D eigenvalue weighted by atomic mass is 10.1. The Morgan fingerprint density at radius 1 is 0.968 bits per heavy atom. The molecule has 176 valence electrons. The van der Waals surface area contributed by atoms with E-state index in [4.69, 9.17) is 24.7 Å². The summed E-state index contributed by atoms with van der Waals surface area (Å²) in [6.45, 7) is 8.69. The van der Waals surface area contributed by atoms with Gasteiger partial charge in [-0.05, 0) is 12.5 Å². The van der Waals surface area contributed by atoms with Gasteiger partial charge in [-0.1, -0.05) is 6.58 Å². The lowest BCUT2D eigenvalue weighted by Gasteiger charge is -2.11. The van der Waals surface area contributed by atoms with Gasteiger partial charge in [-0.15, -0.1) is 0 Å². The number of nitro benzene ring substituents is 1. The van der Waals surface area contributed by atoms with Gasteiger partial charge in [0.15, 0.2) is 11.5 Å². The fourth-order valence-electron chi connectivity index (χ4n) is 2.48. The molecule has 0 fully saturated rings. The molecule has 0 amide bonds. The van der Waals surface area contributed by atoms with Crippen molar-refractivity contribution in [3.05, 3.63) is 40.1 Å². The van der Waals surface area contributed by atoms with Crippen molar-refractivity contribution in [1.29, 1.82) is 0 Å². The van der Waals surface area contributed by atoms with Crippen LogP contribution >= 0.6 is 0 Å². The van der Waals surface area contributed by atoms with E-state index in [1.54, 1.807) is 0 Å². The van der Waals surface area contributed by atoms with Crippen LogP contribution in [0.5, 0.6) is 11.5 Å². The molecule has 0 saturated heterocycles. The van der Waals surface area contributed by atoms with E-state index in [9.17, 15) is 20.3 Å². The maximum atomic E-state index is 11.1. The molecule has 0 aliphatic heterocycles. The van der Waals surface area contributed by atoms with Crippen LogP contribution in [0.2, 0.25) is 0 Å². The smallest absolute Gasteiger partial charge is 0.276 e. The Hall–Kier alpha value is -2.44. The molecule has 0 spiro atoms. The lowest BCUT2D eigenvalue weighted by Crippen LogP contribution is -2.18. The number of nitrogens with two attached hydrogens (primary N) is 1. The first-order valence-electron chi connectivity index (χ1n) is 10.1. The lowest BCUT2D eigenvalue weighted by molar-refractivity contribution is -0.385. The molecule has 11 nitrogen and oxygen atoms in total. The fourth-order valence-corrected chi connectivity index (χ4v) is 2.48. The number of benzene rings is 1. The molecular formula is C20H33N3O8. The summed E-state index contributed by atoms with van der Waals surface area (Å²) in [6.07, 6.45) is 0.869. The Bertz CT molecular complexity index is 672. The van der Waals surface area contributed by atoms with Crippen LogP contribution < -0.4 is 11.1 Å². The number of phenols is 2. The van der Waals surface area contributed by atoms with E-state index in [0.717, 1.165) is 11.8 Å². The van der Waals surface area contributed by atoms with Gasteiger partial charge in [0, 0.05) is 30.8 Å². The van der Waals surface area contributed by atoms with E-state index >= 15 is 0 Å². The number of hydrogen-bond donors (Lipinski definition) is 4. The quantitative estimate of drug-likeness (QED) is 0.105. The van der Waals surface area contributed by atoms with Crippen molar-refractivity contribution in [3.8, 4) is 11.5 Å². The second-order valence-electron chi connectivity index (χ2n) is 6.50. The summed E-state index contributed by atoms with van der Waals surface area (Å²) in [5.74, 6) is -0.910. The Balaban J connectivity index is 2.04. The molecule has 0 radical (unpaired) electrons. The van der Waals surface area contributed by atoms with E-state index in [0.29, 0.717) is 84.3 Å². The minimum Gasteiger partial charge on any atom is -0.504 e. The highest BCUT2D eigenvalue weighted by molar-refractivity contribution is 5.53. The normalized spacial score (nSPS) is 10.9. The van der Waals surface area contributed by atoms with Crippen LogP contribution in [-0.2, 0) is 25.4 Å². The number of rotatable bonds is 19. The van der Waals surface area contributed by atoms with Gasteiger partial charge >= 0.3 is 0 Å². The molecule has 0 saturated carbocycles. The Morgan fingerprint density at radius 2 is 1.48 bits per heavy atom. The van der Waals surface area contributed by atoms with Crippen molar-refractivity contribution in [2.45, 2.75) is 12.8 Å². The standard InChI is InChI=1S/C20H33N3O8/c1-16(3-6-28-8-10-30-12-13-31-11-9-29-7-4-21)22-5-2-17-14-19(24)20(25)15-18(17)23(26)27/h14-15,22,24-25H,1-13,21H2. The van der Waals surface area contributed by atoms with Crippen LogP contribution in [-0.4, -0.2) is 81.1 Å². The molecule has 1 aromatic carbocycles. The van der Waals surface area contributed by atoms with Crippen LogP contribution in [0.4, 0.5) is 5.69 Å². The molecule has 0 unspecified atom stereocenters. The van der Waals surface area contributed by atoms with E-state index in [-0.39, 0.29) is 5.69 Å². The third-order valence-corrected chi connectivity index (χ3v) is 4.07. The average molecular weight is 443 g/mol. The van der Waals surface area contributed by atoms with Gasteiger partial charge in [-0.3, -0.25) is 10.1 Å². The molecule has 0 atom stereocenters. The van der Waals surface area contributed by atoms with Crippen LogP contribution in [0.1, 0.15) is 12.0 Å². The van der Waals surface area contributed by atoms with E-state index in [2.05, 4.69) is 11.9 Å². The number of aromatic hydroxyl groups is 2. The van der Waals surface area contributed by atoms with Crippen molar-refractivity contribution in [1.82, 2.24) is 5.32 Å². The van der Waals surface area contributed by atoms with Crippen molar-refractivity contribution >= 4 is 5.69 Å². The number of nitro groups is 1. The van der Waals surface area contributed by atoms with Crippen LogP contribution in [0.15, 0.2) is 24.4 Å². The second kappa shape index (κ2) is 16.3. The maximum absolute atomic E-state index is 11.1. The van der Waals surface area contributed by atoms with Gasteiger partial charge in [0.1, 0.15) is 0 Å². The summed E-state index contributed by atoms with van der Waals surface area (Å²) in [6, 6.07) is 2.14. The summed E-state index contributed by atoms with van der Waals surface area (Å²) < 4.78 is 21.4. The Labute approximate surface area is 181 Å². The topological polar surface area (TPSA) is 159 Å². The number of ether oxygens (including phenoxy) is 4. The van der Waals surface area contributed by atoms with Crippen LogP contribution in [0, 0.1) is 10.1 Å². The van der Waals surface area contributed by atoms with E-state index in [1.807, 2.05) is 0 Å². The van der Waals surface area contributed by atoms with Crippen molar-refractivity contribution < 1.29 is 34.1 Å². The molecule has 11 heteroatoms. The molecule has 0 heterocycles. The Morgan fingerprint density at radius 3 is 2.03 bits per heavy atom.